The van der Waals surface area contributed by atoms with Crippen LogP contribution in [0.1, 0.15) is 6.92 Å². The van der Waals surface area contributed by atoms with Crippen LogP contribution >= 0.6 is 0 Å². The van der Waals surface area contributed by atoms with Gasteiger partial charge >= 0.3 is 5.97 Å². The average Bonchev–Trinajstić information content (AvgIpc) is 2.56. The molecule has 5 nitrogen and oxygen atoms in total. The summed E-state index contributed by atoms with van der Waals surface area (Å²) in [5.74, 6) is -0.278. The average molecular weight is 310 g/mol. The monoisotopic (exact) mass is 310 g/mol. The fraction of sp³-hybridized carbons (Fsp3) is 0.111. The molecule has 1 N–H and O–H groups in total. The largest absolute Gasteiger partial charge is 0.479 e. The van der Waals surface area contributed by atoms with Gasteiger partial charge in [-0.15, -0.1) is 0 Å². The van der Waals surface area contributed by atoms with Gasteiger partial charge in [-0.3, -0.25) is 4.79 Å². The number of benzene rings is 2. The van der Waals surface area contributed by atoms with Crippen LogP contribution in [0.4, 0.5) is 0 Å². The first-order chi connectivity index (χ1) is 11.0. The van der Waals surface area contributed by atoms with Crippen LogP contribution < -0.4 is 10.2 Å². The van der Waals surface area contributed by atoms with Gasteiger partial charge in [0.25, 0.3) is 0 Å². The molecule has 0 spiro atoms. The highest BCUT2D eigenvalue weighted by molar-refractivity contribution is 5.80. The standard InChI is InChI=1S/C18H14O5/c1-11(18(20)21)22-13-7-8-16-14(9-13)15(19)10-17(23-16)12-5-3-2-4-6-12/h2-11H,1H3,(H,20,21). The van der Waals surface area contributed by atoms with E-state index in [2.05, 4.69) is 0 Å². The van der Waals surface area contributed by atoms with Gasteiger partial charge in [-0.2, -0.15) is 0 Å². The van der Waals surface area contributed by atoms with Crippen LogP contribution in [-0.4, -0.2) is 17.2 Å². The molecule has 0 saturated heterocycles. The van der Waals surface area contributed by atoms with Gasteiger partial charge in [0.05, 0.1) is 5.39 Å². The molecule has 3 rings (SSSR count). The van der Waals surface area contributed by atoms with Gasteiger partial charge in [0.2, 0.25) is 0 Å². The van der Waals surface area contributed by atoms with Crippen LogP contribution in [0.25, 0.3) is 22.3 Å². The Morgan fingerprint density at radius 3 is 2.57 bits per heavy atom. The van der Waals surface area contributed by atoms with Crippen molar-refractivity contribution in [2.75, 3.05) is 0 Å². The Hall–Kier alpha value is -3.08. The molecule has 1 heterocycles. The van der Waals surface area contributed by atoms with Gasteiger partial charge in [0.1, 0.15) is 17.1 Å². The summed E-state index contributed by atoms with van der Waals surface area (Å²) in [5.41, 5.74) is 1.02. The smallest absolute Gasteiger partial charge is 0.344 e. The van der Waals surface area contributed by atoms with Crippen LogP contribution in [-0.2, 0) is 4.79 Å². The molecule has 0 aliphatic heterocycles. The van der Waals surface area contributed by atoms with Gasteiger partial charge in [-0.1, -0.05) is 30.3 Å². The van der Waals surface area contributed by atoms with Gasteiger partial charge in [0.15, 0.2) is 11.5 Å². The van der Waals surface area contributed by atoms with Crippen LogP contribution in [0, 0.1) is 0 Å². The van der Waals surface area contributed by atoms with Crippen molar-refractivity contribution in [2.45, 2.75) is 13.0 Å². The summed E-state index contributed by atoms with van der Waals surface area (Å²) >= 11 is 0. The summed E-state index contributed by atoms with van der Waals surface area (Å²) in [6.45, 7) is 1.42. The molecule has 5 heteroatoms. The Balaban J connectivity index is 2.03. The number of carbonyl (C=O) groups is 1. The fourth-order valence-electron chi connectivity index (χ4n) is 2.21. The second-order valence-electron chi connectivity index (χ2n) is 5.10. The van der Waals surface area contributed by atoms with E-state index >= 15 is 0 Å². The van der Waals surface area contributed by atoms with Crippen molar-refractivity contribution in [1.29, 1.82) is 0 Å². The van der Waals surface area contributed by atoms with E-state index in [1.165, 1.54) is 19.1 Å². The van der Waals surface area contributed by atoms with Crippen LogP contribution in [0.2, 0.25) is 0 Å². The highest BCUT2D eigenvalue weighted by atomic mass is 16.5. The Kier molecular flexibility index (Phi) is 3.85. The molecule has 1 atom stereocenters. The Morgan fingerprint density at radius 1 is 1.13 bits per heavy atom. The lowest BCUT2D eigenvalue weighted by Gasteiger charge is -2.10. The predicted molar refractivity (Wildman–Crippen MR) is 85.6 cm³/mol. The zero-order valence-electron chi connectivity index (χ0n) is 12.4. The molecule has 0 fully saturated rings. The summed E-state index contributed by atoms with van der Waals surface area (Å²) in [5, 5.41) is 9.22. The molecule has 1 aromatic heterocycles. The van der Waals surface area contributed by atoms with Crippen LogP contribution in [0.15, 0.2) is 63.8 Å². The zero-order valence-corrected chi connectivity index (χ0v) is 12.4. The minimum atomic E-state index is -1.07. The maximum atomic E-state index is 12.3. The lowest BCUT2D eigenvalue weighted by atomic mass is 10.1. The third-order valence-electron chi connectivity index (χ3n) is 3.42. The van der Waals surface area contributed by atoms with Gasteiger partial charge < -0.3 is 14.3 Å². The molecular weight excluding hydrogens is 296 g/mol. The van der Waals surface area contributed by atoms with E-state index in [1.54, 1.807) is 12.1 Å². The molecule has 0 amide bonds. The molecule has 116 valence electrons. The third-order valence-corrected chi connectivity index (χ3v) is 3.42. The van der Waals surface area contributed by atoms with Crippen molar-refractivity contribution in [1.82, 2.24) is 0 Å². The first-order valence-corrected chi connectivity index (χ1v) is 7.07. The second-order valence-corrected chi connectivity index (χ2v) is 5.10. The molecule has 23 heavy (non-hydrogen) atoms. The van der Waals surface area contributed by atoms with Crippen molar-refractivity contribution in [3.05, 3.63) is 64.8 Å². The number of rotatable bonds is 4. The molecule has 0 aliphatic rings. The molecular formula is C18H14O5. The molecule has 0 saturated carbocycles. The van der Waals surface area contributed by atoms with E-state index in [0.717, 1.165) is 5.56 Å². The van der Waals surface area contributed by atoms with Gasteiger partial charge in [-0.05, 0) is 25.1 Å². The summed E-state index contributed by atoms with van der Waals surface area (Å²) in [7, 11) is 0. The molecule has 0 bridgehead atoms. The number of fused-ring (bicyclic) bond motifs is 1. The molecule has 1 unspecified atom stereocenters. The van der Waals surface area contributed by atoms with E-state index in [4.69, 9.17) is 14.3 Å². The normalized spacial score (nSPS) is 12.0. The van der Waals surface area contributed by atoms with Crippen LogP contribution in [0.5, 0.6) is 5.75 Å². The maximum Gasteiger partial charge on any atom is 0.344 e. The number of carboxylic acid groups (broad SMARTS) is 1. The molecule has 0 aliphatic carbocycles. The Labute approximate surface area is 131 Å². The van der Waals surface area contributed by atoms with Crippen molar-refractivity contribution >= 4 is 16.9 Å². The fourth-order valence-corrected chi connectivity index (χ4v) is 2.21. The Morgan fingerprint density at radius 2 is 1.87 bits per heavy atom. The zero-order chi connectivity index (χ0) is 16.4. The van der Waals surface area contributed by atoms with E-state index in [9.17, 15) is 9.59 Å². The lowest BCUT2D eigenvalue weighted by molar-refractivity contribution is -0.144. The molecule has 3 aromatic rings. The van der Waals surface area contributed by atoms with E-state index in [-0.39, 0.29) is 5.43 Å². The summed E-state index contributed by atoms with van der Waals surface area (Å²) in [6.07, 6.45) is -0.997. The molecule has 2 aromatic carbocycles. The van der Waals surface area contributed by atoms with Crippen LogP contribution in [0.3, 0.4) is 0 Å². The Bertz CT molecular complexity index is 912. The number of carboxylic acids is 1. The van der Waals surface area contributed by atoms with E-state index in [1.807, 2.05) is 30.3 Å². The minimum absolute atomic E-state index is 0.210. The summed E-state index contributed by atoms with van der Waals surface area (Å²) in [6, 6.07) is 15.4. The number of hydrogen-bond donors (Lipinski definition) is 1. The predicted octanol–water partition coefficient (Wildman–Crippen LogP) is 3.31. The van der Waals surface area contributed by atoms with Crippen molar-refractivity contribution in [2.24, 2.45) is 0 Å². The van der Waals surface area contributed by atoms with Crippen molar-refractivity contribution in [3.8, 4) is 17.1 Å². The van der Waals surface area contributed by atoms with Gasteiger partial charge in [-0.25, -0.2) is 4.79 Å². The van der Waals surface area contributed by atoms with Gasteiger partial charge in [0, 0.05) is 11.6 Å². The highest BCUT2D eigenvalue weighted by Crippen LogP contribution is 2.24. The quantitative estimate of drug-likeness (QED) is 0.800. The summed E-state index contributed by atoms with van der Waals surface area (Å²) < 4.78 is 11.0. The SMILES string of the molecule is CC(Oc1ccc2oc(-c3ccccc3)cc(=O)c2c1)C(=O)O. The van der Waals surface area contributed by atoms with E-state index in [0.29, 0.717) is 22.5 Å². The number of hydrogen-bond acceptors (Lipinski definition) is 4. The third kappa shape index (κ3) is 3.08. The first kappa shape index (κ1) is 14.8. The minimum Gasteiger partial charge on any atom is -0.479 e. The second kappa shape index (κ2) is 5.96. The summed E-state index contributed by atoms with van der Waals surface area (Å²) in [4.78, 5) is 23.1. The topological polar surface area (TPSA) is 76.7 Å². The van der Waals surface area contributed by atoms with E-state index < -0.39 is 12.1 Å². The van der Waals surface area contributed by atoms with Crippen molar-refractivity contribution < 1.29 is 19.1 Å². The molecule has 0 radical (unpaired) electrons. The first-order valence-electron chi connectivity index (χ1n) is 7.07. The highest BCUT2D eigenvalue weighted by Gasteiger charge is 2.14. The lowest BCUT2D eigenvalue weighted by Crippen LogP contribution is -2.22. The number of ether oxygens (including phenoxy) is 1. The number of aliphatic carboxylic acids is 1. The maximum absolute atomic E-state index is 12.3. The van der Waals surface area contributed by atoms with Crippen molar-refractivity contribution in [3.63, 3.8) is 0 Å².